The van der Waals surface area contributed by atoms with E-state index in [1.54, 1.807) is 12.1 Å². The fraction of sp³-hybridized carbons (Fsp3) is 0. The Bertz CT molecular complexity index is 646. The SMILES string of the molecule is O=C(ON1C(=O)c2ccccc2C1=O)c1cscn1. The van der Waals surface area contributed by atoms with Crippen LogP contribution in [-0.4, -0.2) is 27.8 Å². The van der Waals surface area contributed by atoms with Crippen molar-refractivity contribution >= 4 is 29.1 Å². The molecule has 0 atom stereocenters. The minimum absolute atomic E-state index is 0.0570. The largest absolute Gasteiger partial charge is 0.382 e. The quantitative estimate of drug-likeness (QED) is 0.776. The number of benzene rings is 1. The molecular formula is C12H6N2O4S. The fourth-order valence-electron chi connectivity index (χ4n) is 1.69. The van der Waals surface area contributed by atoms with E-state index in [2.05, 4.69) is 4.98 Å². The third kappa shape index (κ3) is 1.80. The first-order valence-electron chi connectivity index (χ1n) is 5.27. The number of fused-ring (bicyclic) bond motifs is 1. The van der Waals surface area contributed by atoms with Crippen LogP contribution in [-0.2, 0) is 4.84 Å². The van der Waals surface area contributed by atoms with Gasteiger partial charge in [0.2, 0.25) is 0 Å². The maximum absolute atomic E-state index is 11.9. The highest BCUT2D eigenvalue weighted by molar-refractivity contribution is 7.07. The monoisotopic (exact) mass is 274 g/mol. The molecule has 2 heterocycles. The molecule has 0 aliphatic carbocycles. The smallest absolute Gasteiger partial charge is 0.322 e. The van der Waals surface area contributed by atoms with Crippen molar-refractivity contribution in [3.05, 3.63) is 52.0 Å². The van der Waals surface area contributed by atoms with Gasteiger partial charge in [-0.25, -0.2) is 9.78 Å². The van der Waals surface area contributed by atoms with Gasteiger partial charge in [0.25, 0.3) is 11.8 Å². The van der Waals surface area contributed by atoms with Crippen molar-refractivity contribution in [3.63, 3.8) is 0 Å². The number of carbonyl (C=O) groups excluding carboxylic acids is 3. The standard InChI is InChI=1S/C12H6N2O4S/c15-10-7-3-1-2-4-8(7)11(16)14(10)18-12(17)9-5-19-6-13-9/h1-6H. The van der Waals surface area contributed by atoms with Crippen molar-refractivity contribution in [1.82, 2.24) is 10.0 Å². The number of hydroxylamine groups is 2. The summed E-state index contributed by atoms with van der Waals surface area (Å²) in [4.78, 5) is 44.1. The first-order valence-corrected chi connectivity index (χ1v) is 6.21. The zero-order valence-corrected chi connectivity index (χ0v) is 10.2. The normalized spacial score (nSPS) is 13.6. The lowest BCUT2D eigenvalue weighted by Gasteiger charge is -2.11. The molecule has 94 valence electrons. The van der Waals surface area contributed by atoms with Gasteiger partial charge in [0.05, 0.1) is 16.6 Å². The number of thiazole rings is 1. The molecule has 0 spiro atoms. The highest BCUT2D eigenvalue weighted by Crippen LogP contribution is 2.23. The maximum atomic E-state index is 11.9. The maximum Gasteiger partial charge on any atom is 0.382 e. The fourth-order valence-corrected chi connectivity index (χ4v) is 2.21. The van der Waals surface area contributed by atoms with Crippen LogP contribution in [0.1, 0.15) is 31.2 Å². The van der Waals surface area contributed by atoms with Gasteiger partial charge in [-0.1, -0.05) is 17.2 Å². The van der Waals surface area contributed by atoms with E-state index < -0.39 is 17.8 Å². The molecule has 0 fully saturated rings. The number of hydrogen-bond donors (Lipinski definition) is 0. The number of aromatic nitrogens is 1. The number of imide groups is 1. The molecule has 2 aromatic rings. The third-order valence-electron chi connectivity index (χ3n) is 2.57. The molecule has 7 heteroatoms. The van der Waals surface area contributed by atoms with Crippen LogP contribution in [0.4, 0.5) is 0 Å². The lowest BCUT2D eigenvalue weighted by Crippen LogP contribution is -2.32. The Balaban J connectivity index is 1.87. The number of rotatable bonds is 2. The van der Waals surface area contributed by atoms with Crippen LogP contribution in [0.15, 0.2) is 35.2 Å². The van der Waals surface area contributed by atoms with Crippen LogP contribution in [0.5, 0.6) is 0 Å². The average Bonchev–Trinajstić information content (AvgIpc) is 3.03. The van der Waals surface area contributed by atoms with Gasteiger partial charge in [-0.15, -0.1) is 11.3 Å². The van der Waals surface area contributed by atoms with Gasteiger partial charge in [0, 0.05) is 5.38 Å². The molecule has 1 aromatic heterocycles. The second-order valence-electron chi connectivity index (χ2n) is 3.70. The number of nitrogens with zero attached hydrogens (tertiary/aromatic N) is 2. The van der Waals surface area contributed by atoms with E-state index in [9.17, 15) is 14.4 Å². The minimum atomic E-state index is -0.837. The molecule has 1 aromatic carbocycles. The van der Waals surface area contributed by atoms with Gasteiger partial charge >= 0.3 is 5.97 Å². The van der Waals surface area contributed by atoms with Crippen molar-refractivity contribution in [3.8, 4) is 0 Å². The first-order chi connectivity index (χ1) is 9.18. The Kier molecular flexibility index (Phi) is 2.60. The van der Waals surface area contributed by atoms with Gasteiger partial charge in [-0.05, 0) is 12.1 Å². The Morgan fingerprint density at radius 2 is 1.79 bits per heavy atom. The molecule has 0 bridgehead atoms. The number of amides is 2. The molecule has 1 aliphatic heterocycles. The van der Waals surface area contributed by atoms with Crippen molar-refractivity contribution in [1.29, 1.82) is 0 Å². The molecule has 0 N–H and O–H groups in total. The predicted molar refractivity (Wildman–Crippen MR) is 64.5 cm³/mol. The van der Waals surface area contributed by atoms with Gasteiger partial charge in [0.1, 0.15) is 0 Å². The van der Waals surface area contributed by atoms with Crippen LogP contribution >= 0.6 is 11.3 Å². The van der Waals surface area contributed by atoms with E-state index >= 15 is 0 Å². The van der Waals surface area contributed by atoms with E-state index in [-0.39, 0.29) is 16.8 Å². The predicted octanol–water partition coefficient (Wildman–Crippen LogP) is 1.51. The molecule has 3 rings (SSSR count). The second-order valence-corrected chi connectivity index (χ2v) is 4.42. The summed E-state index contributed by atoms with van der Waals surface area (Å²) in [6.07, 6.45) is 0. The topological polar surface area (TPSA) is 76.6 Å². The molecule has 6 nitrogen and oxygen atoms in total. The molecular weight excluding hydrogens is 268 g/mol. The zero-order valence-electron chi connectivity index (χ0n) is 9.40. The molecule has 0 saturated heterocycles. The minimum Gasteiger partial charge on any atom is -0.322 e. The average molecular weight is 274 g/mol. The summed E-state index contributed by atoms with van der Waals surface area (Å²) in [7, 11) is 0. The lowest BCUT2D eigenvalue weighted by atomic mass is 10.1. The zero-order chi connectivity index (χ0) is 13.4. The third-order valence-corrected chi connectivity index (χ3v) is 3.16. The van der Waals surface area contributed by atoms with E-state index in [1.807, 2.05) is 0 Å². The van der Waals surface area contributed by atoms with E-state index in [0.29, 0.717) is 5.06 Å². The highest BCUT2D eigenvalue weighted by Gasteiger charge is 2.38. The van der Waals surface area contributed by atoms with Crippen LogP contribution in [0.3, 0.4) is 0 Å². The van der Waals surface area contributed by atoms with Crippen molar-refractivity contribution in [2.45, 2.75) is 0 Å². The molecule has 2 amide bonds. The van der Waals surface area contributed by atoms with Gasteiger partial charge < -0.3 is 4.84 Å². The first kappa shape index (κ1) is 11.5. The van der Waals surface area contributed by atoms with Crippen LogP contribution < -0.4 is 0 Å². The Morgan fingerprint density at radius 3 is 2.32 bits per heavy atom. The van der Waals surface area contributed by atoms with Crippen LogP contribution in [0, 0.1) is 0 Å². The molecule has 1 aliphatic rings. The van der Waals surface area contributed by atoms with Gasteiger partial charge in [0.15, 0.2) is 5.69 Å². The summed E-state index contributed by atoms with van der Waals surface area (Å²) in [5, 5.41) is 1.94. The molecule has 0 unspecified atom stereocenters. The number of carbonyl (C=O) groups is 3. The Labute approximate surface area is 111 Å². The Morgan fingerprint density at radius 1 is 1.16 bits per heavy atom. The number of hydrogen-bond acceptors (Lipinski definition) is 6. The Hall–Kier alpha value is -2.54. The molecule has 0 saturated carbocycles. The van der Waals surface area contributed by atoms with E-state index in [4.69, 9.17) is 4.84 Å². The summed E-state index contributed by atoms with van der Waals surface area (Å²) in [5.74, 6) is -2.14. The van der Waals surface area contributed by atoms with Crippen molar-refractivity contribution in [2.75, 3.05) is 0 Å². The van der Waals surface area contributed by atoms with Crippen molar-refractivity contribution < 1.29 is 19.2 Å². The van der Waals surface area contributed by atoms with Crippen LogP contribution in [0.2, 0.25) is 0 Å². The lowest BCUT2D eigenvalue weighted by molar-refractivity contribution is -0.0588. The van der Waals surface area contributed by atoms with E-state index in [0.717, 1.165) is 0 Å². The molecule has 19 heavy (non-hydrogen) atoms. The van der Waals surface area contributed by atoms with Gasteiger partial charge in [-0.2, -0.15) is 0 Å². The summed E-state index contributed by atoms with van der Waals surface area (Å²) < 4.78 is 0. The summed E-state index contributed by atoms with van der Waals surface area (Å²) >= 11 is 1.21. The summed E-state index contributed by atoms with van der Waals surface area (Å²) in [6, 6.07) is 6.28. The van der Waals surface area contributed by atoms with Crippen LogP contribution in [0.25, 0.3) is 0 Å². The van der Waals surface area contributed by atoms with Crippen molar-refractivity contribution in [2.24, 2.45) is 0 Å². The van der Waals surface area contributed by atoms with Gasteiger partial charge in [-0.3, -0.25) is 9.59 Å². The highest BCUT2D eigenvalue weighted by atomic mass is 32.1. The second kappa shape index (κ2) is 4.29. The summed E-state index contributed by atoms with van der Waals surface area (Å²) in [6.45, 7) is 0. The summed E-state index contributed by atoms with van der Waals surface area (Å²) in [5.41, 5.74) is 1.96. The van der Waals surface area contributed by atoms with E-state index in [1.165, 1.54) is 34.4 Å². The molecule has 0 radical (unpaired) electrons.